The van der Waals surface area contributed by atoms with E-state index in [1.54, 1.807) is 0 Å². The molecule has 10 rings (SSSR count). The van der Waals surface area contributed by atoms with Crippen molar-refractivity contribution in [2.24, 2.45) is 0 Å². The Kier molecular flexibility index (Phi) is 6.39. The summed E-state index contributed by atoms with van der Waals surface area (Å²) in [7, 11) is 0. The lowest BCUT2D eigenvalue weighted by Crippen LogP contribution is -2.11. The molecule has 8 aromatic carbocycles. The SMILES string of the molecule is c1ccc(-c2ccc(N(c3cc4oc5cc6ccccc6cc5c4cc3-c3ccccc3)c3cccc4c3sc3ccccc34)cc2)cc1. The first kappa shape index (κ1) is 27.9. The van der Waals surface area contributed by atoms with Crippen molar-refractivity contribution < 1.29 is 4.42 Å². The Balaban J connectivity index is 1.28. The smallest absolute Gasteiger partial charge is 0.137 e. The Morgan fingerprint density at radius 2 is 1.02 bits per heavy atom. The summed E-state index contributed by atoms with van der Waals surface area (Å²) < 4.78 is 9.24. The molecule has 49 heavy (non-hydrogen) atoms. The predicted octanol–water partition coefficient (Wildman–Crippen LogP) is 13.9. The summed E-state index contributed by atoms with van der Waals surface area (Å²) in [6.45, 7) is 0. The first-order valence-electron chi connectivity index (χ1n) is 16.6. The van der Waals surface area contributed by atoms with Crippen LogP contribution in [0, 0.1) is 0 Å². The van der Waals surface area contributed by atoms with Gasteiger partial charge in [-0.1, -0.05) is 127 Å². The fraction of sp³-hybridized carbons (Fsp3) is 0. The zero-order chi connectivity index (χ0) is 32.3. The first-order valence-corrected chi connectivity index (χ1v) is 17.4. The molecule has 10 aromatic rings. The molecule has 0 aliphatic heterocycles. The number of rotatable bonds is 5. The summed E-state index contributed by atoms with van der Waals surface area (Å²) in [5, 5.41) is 7.17. The van der Waals surface area contributed by atoms with Gasteiger partial charge in [0, 0.05) is 43.6 Å². The normalized spacial score (nSPS) is 11.7. The molecular formula is C46H29NOS. The van der Waals surface area contributed by atoms with E-state index in [1.807, 2.05) is 11.3 Å². The third kappa shape index (κ3) is 4.62. The fourth-order valence-electron chi connectivity index (χ4n) is 7.28. The van der Waals surface area contributed by atoms with Crippen molar-refractivity contribution in [3.05, 3.63) is 176 Å². The Morgan fingerprint density at radius 1 is 0.408 bits per heavy atom. The van der Waals surface area contributed by atoms with Crippen LogP contribution in [0.4, 0.5) is 17.1 Å². The average molecular weight is 644 g/mol. The van der Waals surface area contributed by atoms with Crippen LogP contribution in [0.25, 0.3) is 75.1 Å². The van der Waals surface area contributed by atoms with Gasteiger partial charge in [0.15, 0.2) is 0 Å². The van der Waals surface area contributed by atoms with E-state index in [1.165, 1.54) is 42.1 Å². The lowest BCUT2D eigenvalue weighted by Gasteiger charge is -2.28. The molecule has 0 saturated carbocycles. The molecule has 0 amide bonds. The number of hydrogen-bond acceptors (Lipinski definition) is 3. The minimum absolute atomic E-state index is 0.870. The van der Waals surface area contributed by atoms with Crippen LogP contribution in [0.2, 0.25) is 0 Å². The number of benzene rings is 8. The van der Waals surface area contributed by atoms with Gasteiger partial charge in [0.25, 0.3) is 0 Å². The Bertz CT molecular complexity index is 2810. The number of nitrogens with zero attached hydrogens (tertiary/aromatic N) is 1. The molecule has 0 atom stereocenters. The van der Waals surface area contributed by atoms with E-state index in [9.17, 15) is 0 Å². The van der Waals surface area contributed by atoms with Gasteiger partial charge in [-0.05, 0) is 69.9 Å². The second kappa shape index (κ2) is 11.2. The van der Waals surface area contributed by atoms with E-state index in [2.05, 4.69) is 181 Å². The third-order valence-corrected chi connectivity index (χ3v) is 10.8. The average Bonchev–Trinajstić information content (AvgIpc) is 3.72. The van der Waals surface area contributed by atoms with Gasteiger partial charge >= 0.3 is 0 Å². The van der Waals surface area contributed by atoms with Crippen molar-refractivity contribution in [2.45, 2.75) is 0 Å². The maximum absolute atomic E-state index is 6.70. The van der Waals surface area contributed by atoms with Crippen LogP contribution >= 0.6 is 11.3 Å². The van der Waals surface area contributed by atoms with E-state index < -0.39 is 0 Å². The molecular weight excluding hydrogens is 615 g/mol. The van der Waals surface area contributed by atoms with E-state index >= 15 is 0 Å². The summed E-state index contributed by atoms with van der Waals surface area (Å²) in [6, 6.07) is 63.2. The Labute approximate surface area is 287 Å². The van der Waals surface area contributed by atoms with Crippen molar-refractivity contribution >= 4 is 81.3 Å². The second-order valence-electron chi connectivity index (χ2n) is 12.5. The highest BCUT2D eigenvalue weighted by Gasteiger charge is 2.23. The number of thiophene rings is 1. The molecule has 0 radical (unpaired) electrons. The van der Waals surface area contributed by atoms with Gasteiger partial charge in [0.1, 0.15) is 11.2 Å². The summed E-state index contributed by atoms with van der Waals surface area (Å²) in [5.41, 5.74) is 9.76. The van der Waals surface area contributed by atoms with E-state index in [4.69, 9.17) is 4.42 Å². The third-order valence-electron chi connectivity index (χ3n) is 9.64. The van der Waals surface area contributed by atoms with Crippen molar-refractivity contribution in [2.75, 3.05) is 4.90 Å². The minimum Gasteiger partial charge on any atom is -0.456 e. The van der Waals surface area contributed by atoms with Crippen LogP contribution in [-0.4, -0.2) is 0 Å². The molecule has 2 nitrogen and oxygen atoms in total. The molecule has 0 fully saturated rings. The lowest BCUT2D eigenvalue weighted by molar-refractivity contribution is 0.669. The molecule has 3 heteroatoms. The zero-order valence-electron chi connectivity index (χ0n) is 26.5. The monoisotopic (exact) mass is 643 g/mol. The maximum atomic E-state index is 6.70. The van der Waals surface area contributed by atoms with Crippen molar-refractivity contribution in [1.82, 2.24) is 0 Å². The molecule has 0 aliphatic rings. The molecule has 0 bridgehead atoms. The molecule has 2 heterocycles. The highest BCUT2D eigenvalue weighted by Crippen LogP contribution is 2.49. The molecule has 0 spiro atoms. The molecule has 2 aromatic heterocycles. The minimum atomic E-state index is 0.870. The molecule has 0 unspecified atom stereocenters. The van der Waals surface area contributed by atoms with Gasteiger partial charge in [0.05, 0.1) is 16.1 Å². The summed E-state index contributed by atoms with van der Waals surface area (Å²) in [5.74, 6) is 0. The van der Waals surface area contributed by atoms with Gasteiger partial charge < -0.3 is 9.32 Å². The van der Waals surface area contributed by atoms with Crippen molar-refractivity contribution in [1.29, 1.82) is 0 Å². The summed E-state index contributed by atoms with van der Waals surface area (Å²) in [4.78, 5) is 2.43. The van der Waals surface area contributed by atoms with Gasteiger partial charge in [-0.15, -0.1) is 11.3 Å². The summed E-state index contributed by atoms with van der Waals surface area (Å²) >= 11 is 1.85. The van der Waals surface area contributed by atoms with Gasteiger partial charge in [-0.3, -0.25) is 0 Å². The standard InChI is InChI=1S/C46H29NOS/c1-3-12-30(13-4-1)31-22-24-35(25-23-31)47(41-20-11-19-37-36-18-9-10-21-45(36)49-46(37)41)42-29-44-40(28-38(42)32-14-5-2-6-15-32)39-26-33-16-7-8-17-34(33)27-43(39)48-44/h1-29H. The number of hydrogen-bond donors (Lipinski definition) is 0. The van der Waals surface area contributed by atoms with Gasteiger partial charge in [-0.25, -0.2) is 0 Å². The van der Waals surface area contributed by atoms with Gasteiger partial charge in [-0.2, -0.15) is 0 Å². The van der Waals surface area contributed by atoms with E-state index in [0.717, 1.165) is 50.1 Å². The quantitative estimate of drug-likeness (QED) is 0.186. The van der Waals surface area contributed by atoms with Gasteiger partial charge in [0.2, 0.25) is 0 Å². The largest absolute Gasteiger partial charge is 0.456 e. The summed E-state index contributed by atoms with van der Waals surface area (Å²) in [6.07, 6.45) is 0. The van der Waals surface area contributed by atoms with Crippen LogP contribution in [-0.2, 0) is 0 Å². The highest BCUT2D eigenvalue weighted by atomic mass is 32.1. The van der Waals surface area contributed by atoms with E-state index in [0.29, 0.717) is 0 Å². The predicted molar refractivity (Wildman–Crippen MR) is 210 cm³/mol. The number of furan rings is 1. The number of anilines is 3. The fourth-order valence-corrected chi connectivity index (χ4v) is 8.49. The van der Waals surface area contributed by atoms with Crippen LogP contribution in [0.3, 0.4) is 0 Å². The lowest BCUT2D eigenvalue weighted by atomic mass is 9.98. The van der Waals surface area contributed by atoms with Crippen molar-refractivity contribution in [3.63, 3.8) is 0 Å². The molecule has 0 saturated heterocycles. The van der Waals surface area contributed by atoms with Crippen LogP contribution < -0.4 is 4.90 Å². The molecule has 0 N–H and O–H groups in total. The zero-order valence-corrected chi connectivity index (χ0v) is 27.3. The maximum Gasteiger partial charge on any atom is 0.137 e. The van der Waals surface area contributed by atoms with Crippen LogP contribution in [0.15, 0.2) is 180 Å². The highest BCUT2D eigenvalue weighted by molar-refractivity contribution is 7.26. The Hall–Kier alpha value is -6.16. The molecule has 0 aliphatic carbocycles. The molecule has 230 valence electrons. The van der Waals surface area contributed by atoms with E-state index in [-0.39, 0.29) is 0 Å². The van der Waals surface area contributed by atoms with Crippen LogP contribution in [0.5, 0.6) is 0 Å². The number of fused-ring (bicyclic) bond motifs is 7. The first-order chi connectivity index (χ1) is 24.3. The Morgan fingerprint density at radius 3 is 1.82 bits per heavy atom. The topological polar surface area (TPSA) is 16.4 Å². The van der Waals surface area contributed by atoms with Crippen LogP contribution in [0.1, 0.15) is 0 Å². The van der Waals surface area contributed by atoms with Crippen molar-refractivity contribution in [3.8, 4) is 22.3 Å². The second-order valence-corrected chi connectivity index (χ2v) is 13.6.